The number of aromatic nitrogens is 2. The Balaban J connectivity index is 1.56. The van der Waals surface area contributed by atoms with Crippen LogP contribution in [0, 0.1) is 5.92 Å². The van der Waals surface area contributed by atoms with Gasteiger partial charge in [0, 0.05) is 32.2 Å². The second-order valence-corrected chi connectivity index (χ2v) is 11.7. The molecule has 0 amide bonds. The molecule has 29 heavy (non-hydrogen) atoms. The average molecular weight is 421 g/mol. The summed E-state index contributed by atoms with van der Waals surface area (Å²) in [4.78, 5) is 6.60. The maximum Gasteiger partial charge on any atom is 0.324 e. The number of hydrogen-bond acceptors (Lipinski definition) is 6. The van der Waals surface area contributed by atoms with E-state index in [1.54, 1.807) is 27.8 Å². The van der Waals surface area contributed by atoms with Crippen molar-refractivity contribution >= 4 is 16.0 Å². The van der Waals surface area contributed by atoms with Crippen molar-refractivity contribution in [2.24, 2.45) is 5.92 Å². The van der Waals surface area contributed by atoms with Gasteiger partial charge in [-0.2, -0.15) is 4.98 Å². The van der Waals surface area contributed by atoms with E-state index in [4.69, 9.17) is 4.52 Å². The van der Waals surface area contributed by atoms with Crippen LogP contribution in [-0.4, -0.2) is 54.3 Å². The van der Waals surface area contributed by atoms with E-state index in [1.165, 1.54) is 4.31 Å². The van der Waals surface area contributed by atoms with Crippen LogP contribution in [0.2, 0.25) is 0 Å². The van der Waals surface area contributed by atoms with Crippen molar-refractivity contribution in [3.63, 3.8) is 0 Å². The van der Waals surface area contributed by atoms with Gasteiger partial charge >= 0.3 is 6.01 Å². The van der Waals surface area contributed by atoms with Crippen LogP contribution < -0.4 is 4.90 Å². The molecule has 0 unspecified atom stereocenters. The van der Waals surface area contributed by atoms with Gasteiger partial charge in [-0.1, -0.05) is 35.5 Å². The SMILES string of the molecule is CN(C[C@H]1CC[C@H](N(C)c2nc(-c3ccccc3)no2)CC1)S(=O)(=O)C(C)(C)C. The molecule has 0 atom stereocenters. The molecule has 8 heteroatoms. The van der Waals surface area contributed by atoms with Gasteiger partial charge in [-0.25, -0.2) is 12.7 Å². The maximum absolute atomic E-state index is 12.6. The summed E-state index contributed by atoms with van der Waals surface area (Å²) in [6.45, 7) is 5.82. The van der Waals surface area contributed by atoms with E-state index >= 15 is 0 Å². The van der Waals surface area contributed by atoms with E-state index in [0.29, 0.717) is 30.3 Å². The molecule has 1 fully saturated rings. The summed E-state index contributed by atoms with van der Waals surface area (Å²) in [5.74, 6) is 0.972. The van der Waals surface area contributed by atoms with Crippen LogP contribution in [0.15, 0.2) is 34.9 Å². The van der Waals surface area contributed by atoms with E-state index in [2.05, 4.69) is 15.0 Å². The van der Waals surface area contributed by atoms with E-state index in [-0.39, 0.29) is 0 Å². The van der Waals surface area contributed by atoms with Crippen molar-refractivity contribution in [3.8, 4) is 11.4 Å². The molecule has 1 aromatic carbocycles. The molecular weight excluding hydrogens is 388 g/mol. The molecule has 0 bridgehead atoms. The lowest BCUT2D eigenvalue weighted by Gasteiger charge is -2.36. The molecule has 160 valence electrons. The van der Waals surface area contributed by atoms with E-state index in [0.717, 1.165) is 31.2 Å². The summed E-state index contributed by atoms with van der Waals surface area (Å²) in [7, 11) is 0.404. The lowest BCUT2D eigenvalue weighted by atomic mass is 9.85. The Kier molecular flexibility index (Phi) is 6.33. The van der Waals surface area contributed by atoms with Crippen molar-refractivity contribution in [1.29, 1.82) is 0 Å². The highest BCUT2D eigenvalue weighted by atomic mass is 32.2. The average Bonchev–Trinajstić information content (AvgIpc) is 3.18. The van der Waals surface area contributed by atoms with Crippen molar-refractivity contribution in [3.05, 3.63) is 30.3 Å². The molecule has 0 N–H and O–H groups in total. The van der Waals surface area contributed by atoms with Crippen molar-refractivity contribution < 1.29 is 12.9 Å². The zero-order valence-electron chi connectivity index (χ0n) is 18.0. The molecule has 2 aromatic rings. The third kappa shape index (κ3) is 4.80. The lowest BCUT2D eigenvalue weighted by molar-refractivity contribution is 0.269. The predicted octanol–water partition coefficient (Wildman–Crippen LogP) is 3.79. The molecule has 1 aromatic heterocycles. The fourth-order valence-corrected chi connectivity index (χ4v) is 5.21. The van der Waals surface area contributed by atoms with Crippen LogP contribution in [0.5, 0.6) is 0 Å². The van der Waals surface area contributed by atoms with Crippen LogP contribution in [0.25, 0.3) is 11.4 Å². The van der Waals surface area contributed by atoms with Gasteiger partial charge in [0.05, 0.1) is 4.75 Å². The summed E-state index contributed by atoms with van der Waals surface area (Å²) < 4.78 is 31.4. The van der Waals surface area contributed by atoms with Gasteiger partial charge in [-0.15, -0.1) is 0 Å². The first-order chi connectivity index (χ1) is 13.6. The first-order valence-electron chi connectivity index (χ1n) is 10.2. The van der Waals surface area contributed by atoms with Crippen molar-refractivity contribution in [1.82, 2.24) is 14.4 Å². The summed E-state index contributed by atoms with van der Waals surface area (Å²) in [6.07, 6.45) is 3.93. The fraction of sp³-hybridized carbons (Fsp3) is 0.619. The van der Waals surface area contributed by atoms with Crippen LogP contribution in [0.3, 0.4) is 0 Å². The molecule has 3 rings (SSSR count). The highest BCUT2D eigenvalue weighted by Gasteiger charge is 2.35. The molecule has 1 saturated carbocycles. The Morgan fingerprint density at radius 2 is 1.69 bits per heavy atom. The zero-order chi connectivity index (χ0) is 21.2. The minimum atomic E-state index is -3.28. The second-order valence-electron chi connectivity index (χ2n) is 8.95. The number of anilines is 1. The number of benzene rings is 1. The molecule has 1 aliphatic rings. The molecular formula is C21H32N4O3S. The largest absolute Gasteiger partial charge is 0.324 e. The van der Waals surface area contributed by atoms with Gasteiger partial charge in [0.25, 0.3) is 0 Å². The van der Waals surface area contributed by atoms with Gasteiger partial charge in [0.15, 0.2) is 0 Å². The molecule has 1 aliphatic carbocycles. The molecule has 0 spiro atoms. The first kappa shape index (κ1) is 21.8. The fourth-order valence-electron chi connectivity index (χ4n) is 3.86. The normalized spacial score (nSPS) is 20.8. The minimum absolute atomic E-state index is 0.319. The maximum atomic E-state index is 12.6. The third-order valence-electron chi connectivity index (χ3n) is 5.81. The van der Waals surface area contributed by atoms with Crippen LogP contribution in [0.1, 0.15) is 46.5 Å². The molecule has 0 saturated heterocycles. The topological polar surface area (TPSA) is 79.5 Å². The number of sulfonamides is 1. The second kappa shape index (κ2) is 8.44. The Morgan fingerprint density at radius 3 is 2.28 bits per heavy atom. The first-order valence-corrected chi connectivity index (χ1v) is 11.6. The van der Waals surface area contributed by atoms with Crippen molar-refractivity contribution in [2.75, 3.05) is 25.5 Å². The predicted molar refractivity (Wildman–Crippen MR) is 115 cm³/mol. The summed E-state index contributed by atoms with van der Waals surface area (Å²) in [5.41, 5.74) is 0.933. The van der Waals surface area contributed by atoms with Crippen molar-refractivity contribution in [2.45, 2.75) is 57.2 Å². The Labute approximate surface area is 174 Å². The van der Waals surface area contributed by atoms with Gasteiger partial charge in [0.2, 0.25) is 15.8 Å². The molecule has 0 aliphatic heterocycles. The van der Waals surface area contributed by atoms with Crippen LogP contribution >= 0.6 is 0 Å². The number of hydrogen-bond donors (Lipinski definition) is 0. The van der Waals surface area contributed by atoms with Gasteiger partial charge < -0.3 is 9.42 Å². The zero-order valence-corrected chi connectivity index (χ0v) is 18.8. The third-order valence-corrected chi connectivity index (χ3v) is 8.33. The van der Waals surface area contributed by atoms with E-state index in [1.807, 2.05) is 37.4 Å². The summed E-state index contributed by atoms with van der Waals surface area (Å²) >= 11 is 0. The standard InChI is InChI=1S/C21H32N4O3S/c1-21(2,3)29(26,27)24(4)15-16-11-13-18(14-12-16)25(5)20-22-19(23-28-20)17-9-7-6-8-10-17/h6-10,16,18H,11-15H2,1-5H3/t16-,18-. The summed E-state index contributed by atoms with van der Waals surface area (Å²) in [5, 5.41) is 4.11. The highest BCUT2D eigenvalue weighted by molar-refractivity contribution is 7.90. The smallest absolute Gasteiger partial charge is 0.324 e. The number of rotatable bonds is 6. The lowest BCUT2D eigenvalue weighted by Crippen LogP contribution is -2.44. The Bertz CT molecular complexity index is 898. The Morgan fingerprint density at radius 1 is 1.07 bits per heavy atom. The van der Waals surface area contributed by atoms with Gasteiger partial charge in [-0.3, -0.25) is 0 Å². The monoisotopic (exact) mass is 420 g/mol. The molecule has 7 nitrogen and oxygen atoms in total. The molecule has 1 heterocycles. The van der Waals surface area contributed by atoms with Gasteiger partial charge in [-0.05, 0) is 52.4 Å². The van der Waals surface area contributed by atoms with Crippen LogP contribution in [0.4, 0.5) is 6.01 Å². The highest BCUT2D eigenvalue weighted by Crippen LogP contribution is 2.31. The van der Waals surface area contributed by atoms with Gasteiger partial charge in [0.1, 0.15) is 0 Å². The Hall–Kier alpha value is -1.93. The van der Waals surface area contributed by atoms with Crippen LogP contribution in [-0.2, 0) is 10.0 Å². The molecule has 0 radical (unpaired) electrons. The number of nitrogens with zero attached hydrogens (tertiary/aromatic N) is 4. The minimum Gasteiger partial charge on any atom is -0.324 e. The van der Waals surface area contributed by atoms with E-state index < -0.39 is 14.8 Å². The quantitative estimate of drug-likeness (QED) is 0.707. The van der Waals surface area contributed by atoms with E-state index in [9.17, 15) is 8.42 Å². The summed E-state index contributed by atoms with van der Waals surface area (Å²) in [6, 6.07) is 10.6.